The highest BCUT2D eigenvalue weighted by Gasteiger charge is 2.15. The lowest BCUT2D eigenvalue weighted by Crippen LogP contribution is -2.24. The number of hydrogen-bond acceptors (Lipinski definition) is 3. The molecule has 1 aromatic heterocycles. The van der Waals surface area contributed by atoms with E-state index in [-0.39, 0.29) is 5.41 Å². The molecule has 3 heteroatoms. The van der Waals surface area contributed by atoms with Crippen LogP contribution in [0.5, 0.6) is 0 Å². The zero-order chi connectivity index (χ0) is 20.7. The topological polar surface area (TPSA) is 38.1 Å². The van der Waals surface area contributed by atoms with Crippen molar-refractivity contribution in [3.05, 3.63) is 48.2 Å². The Bertz CT molecular complexity index is 733. The third kappa shape index (κ3) is 6.25. The summed E-state index contributed by atoms with van der Waals surface area (Å²) < 4.78 is 5.57. The number of hydrogen-bond donors (Lipinski definition) is 1. The first-order valence-corrected chi connectivity index (χ1v) is 10.8. The first kappa shape index (κ1) is 22.3. The second-order valence-corrected chi connectivity index (χ2v) is 9.04. The maximum absolute atomic E-state index is 5.57. The largest absolute Gasteiger partial charge is 0.381 e. The molecule has 2 rings (SSSR count). The van der Waals surface area contributed by atoms with Crippen molar-refractivity contribution in [3.8, 4) is 11.3 Å². The predicted molar refractivity (Wildman–Crippen MR) is 120 cm³/mol. The molecule has 0 aliphatic rings. The molecule has 1 N–H and O–H groups in total. The molecule has 0 fully saturated rings. The Hall–Kier alpha value is -2.03. The van der Waals surface area contributed by atoms with Gasteiger partial charge in [-0.25, -0.2) is 0 Å². The molecule has 0 aliphatic heterocycles. The summed E-state index contributed by atoms with van der Waals surface area (Å²) in [4.78, 5) is 0. The molecule has 154 valence electrons. The zero-order valence-corrected chi connectivity index (χ0v) is 18.6. The van der Waals surface area contributed by atoms with Crippen molar-refractivity contribution < 1.29 is 4.52 Å². The van der Waals surface area contributed by atoms with Gasteiger partial charge in [0.2, 0.25) is 0 Å². The molecule has 1 aromatic carbocycles. The van der Waals surface area contributed by atoms with Gasteiger partial charge < -0.3 is 9.84 Å². The molecule has 1 heterocycles. The van der Waals surface area contributed by atoms with E-state index in [1.54, 1.807) is 0 Å². The first-order chi connectivity index (χ1) is 13.2. The summed E-state index contributed by atoms with van der Waals surface area (Å²) in [7, 11) is 0. The van der Waals surface area contributed by atoms with Gasteiger partial charge in [0, 0.05) is 17.7 Å². The maximum Gasteiger partial charge on any atom is 0.167 e. The van der Waals surface area contributed by atoms with Crippen molar-refractivity contribution in [2.45, 2.75) is 85.1 Å². The summed E-state index contributed by atoms with van der Waals surface area (Å²) >= 11 is 0. The van der Waals surface area contributed by atoms with Gasteiger partial charge in [0.25, 0.3) is 0 Å². The summed E-state index contributed by atoms with van der Waals surface area (Å²) in [6, 6.07) is 10.9. The number of nitrogens with one attached hydrogen (secondary N) is 1. The lowest BCUT2D eigenvalue weighted by atomic mass is 9.86. The van der Waals surface area contributed by atoms with E-state index in [0.717, 1.165) is 35.1 Å². The Balaban J connectivity index is 1.91. The molecule has 0 spiro atoms. The second kappa shape index (κ2) is 9.95. The van der Waals surface area contributed by atoms with Crippen LogP contribution in [0.25, 0.3) is 17.0 Å². The van der Waals surface area contributed by atoms with Crippen LogP contribution >= 0.6 is 0 Å². The van der Waals surface area contributed by atoms with Gasteiger partial charge in [-0.3, -0.25) is 0 Å². The number of nitrogens with zero attached hydrogens (tertiary/aromatic N) is 1. The highest BCUT2D eigenvalue weighted by Crippen LogP contribution is 2.27. The van der Waals surface area contributed by atoms with E-state index in [0.29, 0.717) is 6.04 Å². The van der Waals surface area contributed by atoms with Crippen LogP contribution < -0.4 is 5.32 Å². The fourth-order valence-corrected chi connectivity index (χ4v) is 3.54. The summed E-state index contributed by atoms with van der Waals surface area (Å²) in [6.07, 6.45) is 6.27. The molecule has 0 saturated carbocycles. The van der Waals surface area contributed by atoms with Gasteiger partial charge in [0.15, 0.2) is 5.76 Å². The third-order valence-electron chi connectivity index (χ3n) is 5.68. The first-order valence-electron chi connectivity index (χ1n) is 10.8. The van der Waals surface area contributed by atoms with Crippen LogP contribution in [0.1, 0.15) is 84.9 Å². The van der Waals surface area contributed by atoms with Crippen molar-refractivity contribution in [1.29, 1.82) is 0 Å². The average Bonchev–Trinajstić information content (AvgIpc) is 3.15. The Morgan fingerprint density at radius 2 is 1.75 bits per heavy atom. The molecule has 1 unspecified atom stereocenters. The van der Waals surface area contributed by atoms with Gasteiger partial charge in [0.1, 0.15) is 5.69 Å². The van der Waals surface area contributed by atoms with E-state index in [9.17, 15) is 0 Å². The van der Waals surface area contributed by atoms with Gasteiger partial charge in [-0.2, -0.15) is 0 Å². The molecule has 2 aromatic rings. The van der Waals surface area contributed by atoms with E-state index >= 15 is 0 Å². The van der Waals surface area contributed by atoms with E-state index in [1.165, 1.54) is 31.2 Å². The normalized spacial score (nSPS) is 13.0. The maximum atomic E-state index is 5.57. The number of benzene rings is 1. The van der Waals surface area contributed by atoms with E-state index in [1.807, 2.05) is 6.07 Å². The van der Waals surface area contributed by atoms with Gasteiger partial charge in [-0.1, -0.05) is 96.3 Å². The Morgan fingerprint density at radius 3 is 2.32 bits per heavy atom. The van der Waals surface area contributed by atoms with Crippen LogP contribution in [-0.4, -0.2) is 11.2 Å². The van der Waals surface area contributed by atoms with Crippen LogP contribution in [0, 0.1) is 5.92 Å². The minimum absolute atomic E-state index is 0.147. The van der Waals surface area contributed by atoms with Crippen LogP contribution in [0.15, 0.2) is 41.4 Å². The Kier molecular flexibility index (Phi) is 7.91. The molecule has 3 nitrogen and oxygen atoms in total. The smallest absolute Gasteiger partial charge is 0.167 e. The number of aromatic nitrogens is 1. The van der Waals surface area contributed by atoms with Crippen LogP contribution in [0.2, 0.25) is 0 Å². The van der Waals surface area contributed by atoms with Crippen molar-refractivity contribution in [2.24, 2.45) is 5.92 Å². The fourth-order valence-electron chi connectivity index (χ4n) is 3.54. The van der Waals surface area contributed by atoms with Crippen molar-refractivity contribution in [1.82, 2.24) is 10.5 Å². The van der Waals surface area contributed by atoms with Crippen molar-refractivity contribution in [3.63, 3.8) is 0 Å². The highest BCUT2D eigenvalue weighted by molar-refractivity contribution is 5.65. The van der Waals surface area contributed by atoms with Crippen molar-refractivity contribution >= 4 is 5.70 Å². The average molecular weight is 383 g/mol. The van der Waals surface area contributed by atoms with Gasteiger partial charge in [-0.15, -0.1) is 0 Å². The van der Waals surface area contributed by atoms with Crippen LogP contribution in [0.4, 0.5) is 0 Å². The zero-order valence-electron chi connectivity index (χ0n) is 18.6. The summed E-state index contributed by atoms with van der Waals surface area (Å²) in [5.41, 5.74) is 4.11. The lowest BCUT2D eigenvalue weighted by Gasteiger charge is -2.18. The van der Waals surface area contributed by atoms with E-state index in [4.69, 9.17) is 4.52 Å². The molecule has 28 heavy (non-hydrogen) atoms. The Morgan fingerprint density at radius 1 is 1.11 bits per heavy atom. The molecule has 0 aliphatic carbocycles. The van der Waals surface area contributed by atoms with Crippen LogP contribution in [0.3, 0.4) is 0 Å². The minimum Gasteiger partial charge on any atom is -0.381 e. The highest BCUT2D eigenvalue weighted by atomic mass is 16.5. The van der Waals surface area contributed by atoms with E-state index in [2.05, 4.69) is 82.9 Å². The summed E-state index contributed by atoms with van der Waals surface area (Å²) in [5, 5.41) is 7.70. The standard InChI is InChI=1S/C25H38N2O/c1-8-20(9-2)12-10-11-18(3)26-19(4)23-17-24(28-27-23)21-13-15-22(16-14-21)25(5,6)7/h13-18,20,26H,4,8-12H2,1-3,5-7H3. The van der Waals surface area contributed by atoms with Gasteiger partial charge >= 0.3 is 0 Å². The molecule has 0 bridgehead atoms. The van der Waals surface area contributed by atoms with Crippen LogP contribution in [-0.2, 0) is 5.41 Å². The molecular formula is C25H38N2O. The molecular weight excluding hydrogens is 344 g/mol. The molecule has 0 saturated heterocycles. The predicted octanol–water partition coefficient (Wildman–Crippen LogP) is 7.19. The minimum atomic E-state index is 0.147. The second-order valence-electron chi connectivity index (χ2n) is 9.04. The Labute approximate surface area is 171 Å². The number of rotatable bonds is 10. The third-order valence-corrected chi connectivity index (χ3v) is 5.68. The fraction of sp³-hybridized carbons (Fsp3) is 0.560. The summed E-state index contributed by atoms with van der Waals surface area (Å²) in [6.45, 7) is 17.6. The molecule has 1 atom stereocenters. The van der Waals surface area contributed by atoms with E-state index < -0.39 is 0 Å². The van der Waals surface area contributed by atoms with Gasteiger partial charge in [0.05, 0.1) is 5.70 Å². The molecule has 0 radical (unpaired) electrons. The van der Waals surface area contributed by atoms with Gasteiger partial charge in [-0.05, 0) is 30.2 Å². The molecule has 0 amide bonds. The summed E-state index contributed by atoms with van der Waals surface area (Å²) in [5.74, 6) is 1.64. The van der Waals surface area contributed by atoms with Crippen molar-refractivity contribution in [2.75, 3.05) is 0 Å². The monoisotopic (exact) mass is 382 g/mol. The quantitative estimate of drug-likeness (QED) is 0.472. The SMILES string of the molecule is C=C(NC(C)CCCC(CC)CC)c1cc(-c2ccc(C(C)(C)C)cc2)on1. The lowest BCUT2D eigenvalue weighted by molar-refractivity contribution is 0.416.